The summed E-state index contributed by atoms with van der Waals surface area (Å²) in [6, 6.07) is 12.7. The molecule has 0 saturated carbocycles. The number of rotatable bonds is 4. The first kappa shape index (κ1) is 18.8. The van der Waals surface area contributed by atoms with Crippen molar-refractivity contribution in [1.82, 2.24) is 9.78 Å². The van der Waals surface area contributed by atoms with Crippen molar-refractivity contribution in [3.8, 4) is 0 Å². The molecule has 9 heteroatoms. The Kier molecular flexibility index (Phi) is 5.41. The van der Waals surface area contributed by atoms with Crippen molar-refractivity contribution >= 4 is 28.8 Å². The Balaban J connectivity index is 1.64. The van der Waals surface area contributed by atoms with E-state index in [1.807, 2.05) is 0 Å². The van der Waals surface area contributed by atoms with Crippen LogP contribution in [0.15, 0.2) is 60.8 Å². The van der Waals surface area contributed by atoms with Gasteiger partial charge in [0, 0.05) is 12.3 Å². The first-order valence-electron chi connectivity index (χ1n) is 7.83. The lowest BCUT2D eigenvalue weighted by Gasteiger charge is -2.15. The Labute approximate surface area is 157 Å². The fraction of sp³-hybridized carbons (Fsp3) is 0.111. The van der Waals surface area contributed by atoms with E-state index >= 15 is 0 Å². The molecule has 1 heterocycles. The Bertz CT molecular complexity index is 935. The van der Waals surface area contributed by atoms with Crippen LogP contribution in [0.25, 0.3) is 0 Å². The number of nitrogens with one attached hydrogen (secondary N) is 2. The topological polar surface area (TPSA) is 41.9 Å². The highest BCUT2D eigenvalue weighted by Crippen LogP contribution is 2.34. The molecule has 0 bridgehead atoms. The van der Waals surface area contributed by atoms with Crippen LogP contribution in [0.3, 0.4) is 0 Å². The molecule has 0 unspecified atom stereocenters. The normalized spacial score (nSPS) is 11.3. The maximum absolute atomic E-state index is 13.0. The molecule has 0 atom stereocenters. The lowest BCUT2D eigenvalue weighted by atomic mass is 10.2. The smallest absolute Gasteiger partial charge is 0.332 e. The Hall–Kier alpha value is -2.94. The second-order valence-electron chi connectivity index (χ2n) is 5.65. The third-order valence-electron chi connectivity index (χ3n) is 3.62. The zero-order chi connectivity index (χ0) is 19.4. The number of nitrogens with zero attached hydrogens (tertiary/aromatic N) is 2. The van der Waals surface area contributed by atoms with Gasteiger partial charge in [-0.2, -0.15) is 18.3 Å². The standard InChI is InChI=1S/C18H14F4N4S/c19-13-7-5-12(6-8-13)11-26-10-9-16(25-26)24-17(27)23-15-4-2-1-3-14(15)18(20,21)22/h1-10H,11H2,(H2,23,24,25,27). The van der Waals surface area contributed by atoms with Gasteiger partial charge in [-0.3, -0.25) is 4.68 Å². The molecule has 27 heavy (non-hydrogen) atoms. The molecule has 0 fully saturated rings. The molecule has 140 valence electrons. The van der Waals surface area contributed by atoms with Crippen molar-refractivity contribution in [2.24, 2.45) is 0 Å². The number of halogens is 4. The molecular weight excluding hydrogens is 380 g/mol. The molecule has 3 aromatic rings. The van der Waals surface area contributed by atoms with Crippen LogP contribution in [0.4, 0.5) is 29.1 Å². The molecule has 3 rings (SSSR count). The van der Waals surface area contributed by atoms with Crippen molar-refractivity contribution in [3.05, 3.63) is 77.7 Å². The van der Waals surface area contributed by atoms with Crippen LogP contribution in [-0.4, -0.2) is 14.9 Å². The van der Waals surface area contributed by atoms with Crippen LogP contribution in [0.2, 0.25) is 0 Å². The molecular formula is C18H14F4N4S. The molecule has 0 amide bonds. The summed E-state index contributed by atoms with van der Waals surface area (Å²) < 4.78 is 53.6. The maximum atomic E-state index is 13.0. The number of para-hydroxylation sites is 1. The van der Waals surface area contributed by atoms with Crippen molar-refractivity contribution in [1.29, 1.82) is 0 Å². The molecule has 0 aliphatic heterocycles. The van der Waals surface area contributed by atoms with Crippen molar-refractivity contribution in [3.63, 3.8) is 0 Å². The minimum atomic E-state index is -4.49. The Morgan fingerprint density at radius 3 is 2.41 bits per heavy atom. The second-order valence-corrected chi connectivity index (χ2v) is 6.06. The summed E-state index contributed by atoms with van der Waals surface area (Å²) in [5.41, 5.74) is -0.102. The maximum Gasteiger partial charge on any atom is 0.418 e. The van der Waals surface area contributed by atoms with Gasteiger partial charge in [-0.1, -0.05) is 24.3 Å². The van der Waals surface area contributed by atoms with E-state index in [2.05, 4.69) is 15.7 Å². The van der Waals surface area contributed by atoms with Crippen LogP contribution < -0.4 is 10.6 Å². The van der Waals surface area contributed by atoms with E-state index in [0.717, 1.165) is 11.6 Å². The van der Waals surface area contributed by atoms with E-state index in [-0.39, 0.29) is 16.6 Å². The highest BCUT2D eigenvalue weighted by molar-refractivity contribution is 7.80. The van der Waals surface area contributed by atoms with Crippen LogP contribution >= 0.6 is 12.2 Å². The van der Waals surface area contributed by atoms with Crippen LogP contribution in [0.5, 0.6) is 0 Å². The number of alkyl halides is 3. The van der Waals surface area contributed by atoms with Gasteiger partial charge in [-0.15, -0.1) is 0 Å². The monoisotopic (exact) mass is 394 g/mol. The first-order chi connectivity index (χ1) is 12.8. The van der Waals surface area contributed by atoms with Gasteiger partial charge >= 0.3 is 6.18 Å². The third kappa shape index (κ3) is 5.04. The highest BCUT2D eigenvalue weighted by atomic mass is 32.1. The van der Waals surface area contributed by atoms with E-state index in [9.17, 15) is 17.6 Å². The van der Waals surface area contributed by atoms with E-state index in [1.165, 1.54) is 30.3 Å². The zero-order valence-electron chi connectivity index (χ0n) is 13.8. The van der Waals surface area contributed by atoms with Gasteiger partial charge in [-0.05, 0) is 42.0 Å². The zero-order valence-corrected chi connectivity index (χ0v) is 14.6. The van der Waals surface area contributed by atoms with Gasteiger partial charge in [0.05, 0.1) is 17.8 Å². The van der Waals surface area contributed by atoms with Crippen LogP contribution in [0.1, 0.15) is 11.1 Å². The molecule has 0 saturated heterocycles. The fourth-order valence-electron chi connectivity index (χ4n) is 2.40. The van der Waals surface area contributed by atoms with Crippen molar-refractivity contribution < 1.29 is 17.6 Å². The number of aromatic nitrogens is 2. The Morgan fingerprint density at radius 1 is 1.00 bits per heavy atom. The minimum Gasteiger partial charge on any atom is -0.332 e. The highest BCUT2D eigenvalue weighted by Gasteiger charge is 2.33. The number of thiocarbonyl (C=S) groups is 1. The molecule has 0 aliphatic carbocycles. The fourth-order valence-corrected chi connectivity index (χ4v) is 2.62. The summed E-state index contributed by atoms with van der Waals surface area (Å²) in [5, 5.41) is 9.51. The lowest BCUT2D eigenvalue weighted by Crippen LogP contribution is -2.22. The lowest BCUT2D eigenvalue weighted by molar-refractivity contribution is -0.136. The number of benzene rings is 2. The molecule has 2 aromatic carbocycles. The molecule has 1 aromatic heterocycles. The number of hydrogen-bond donors (Lipinski definition) is 2. The summed E-state index contributed by atoms with van der Waals surface area (Å²) in [5.74, 6) is 0.0521. The molecule has 0 spiro atoms. The largest absolute Gasteiger partial charge is 0.418 e. The first-order valence-corrected chi connectivity index (χ1v) is 8.24. The Morgan fingerprint density at radius 2 is 1.70 bits per heavy atom. The summed E-state index contributed by atoms with van der Waals surface area (Å²) in [7, 11) is 0. The van der Waals surface area contributed by atoms with Crippen molar-refractivity contribution in [2.45, 2.75) is 12.7 Å². The van der Waals surface area contributed by atoms with Gasteiger partial charge in [0.15, 0.2) is 10.9 Å². The minimum absolute atomic E-state index is 0.0151. The second kappa shape index (κ2) is 7.75. The average molecular weight is 394 g/mol. The summed E-state index contributed by atoms with van der Waals surface area (Å²) in [6.45, 7) is 0.416. The predicted molar refractivity (Wildman–Crippen MR) is 99.0 cm³/mol. The molecule has 2 N–H and O–H groups in total. The molecule has 4 nitrogen and oxygen atoms in total. The van der Waals surface area contributed by atoms with E-state index < -0.39 is 11.7 Å². The predicted octanol–water partition coefficient (Wildman–Crippen LogP) is 4.90. The third-order valence-corrected chi connectivity index (χ3v) is 3.82. The number of hydrogen-bond acceptors (Lipinski definition) is 2. The van der Waals surface area contributed by atoms with Gasteiger partial charge in [0.1, 0.15) is 5.82 Å². The van der Waals surface area contributed by atoms with Gasteiger partial charge < -0.3 is 10.6 Å². The van der Waals surface area contributed by atoms with Crippen molar-refractivity contribution in [2.75, 3.05) is 10.6 Å². The average Bonchev–Trinajstić information content (AvgIpc) is 3.03. The van der Waals surface area contributed by atoms with E-state index in [1.54, 1.807) is 29.1 Å². The van der Waals surface area contributed by atoms with E-state index in [0.29, 0.717) is 12.4 Å². The van der Waals surface area contributed by atoms with E-state index in [4.69, 9.17) is 12.2 Å². The van der Waals surface area contributed by atoms with Crippen LogP contribution in [-0.2, 0) is 12.7 Å². The van der Waals surface area contributed by atoms with Gasteiger partial charge in [-0.25, -0.2) is 4.39 Å². The number of anilines is 2. The summed E-state index contributed by atoms with van der Waals surface area (Å²) in [6.07, 6.45) is -2.81. The van der Waals surface area contributed by atoms with Gasteiger partial charge in [0.2, 0.25) is 0 Å². The SMILES string of the molecule is Fc1ccc(Cn2ccc(NC(=S)Nc3ccccc3C(F)(F)F)n2)cc1. The molecule has 0 aliphatic rings. The molecule has 0 radical (unpaired) electrons. The summed E-state index contributed by atoms with van der Waals surface area (Å²) >= 11 is 5.07. The quantitative estimate of drug-likeness (QED) is 0.488. The van der Waals surface area contributed by atoms with Crippen LogP contribution in [0, 0.1) is 5.82 Å². The van der Waals surface area contributed by atoms with Gasteiger partial charge in [0.25, 0.3) is 0 Å². The summed E-state index contributed by atoms with van der Waals surface area (Å²) in [4.78, 5) is 0.